The average molecular weight is 373 g/mol. The minimum atomic E-state index is -0.522. The van der Waals surface area contributed by atoms with Gasteiger partial charge in [0.15, 0.2) is 0 Å². The molecular weight excluding hydrogens is 350 g/mol. The van der Waals surface area contributed by atoms with Crippen LogP contribution in [0.15, 0.2) is 73.2 Å². The molecule has 1 fully saturated rings. The van der Waals surface area contributed by atoms with E-state index in [1.807, 2.05) is 42.5 Å². The van der Waals surface area contributed by atoms with E-state index in [2.05, 4.69) is 22.1 Å². The minimum Gasteiger partial charge on any atom is -0.391 e. The average Bonchev–Trinajstić information content (AvgIpc) is 3.10. The Hall–Kier alpha value is -3.05. The molecule has 1 aromatic heterocycles. The minimum absolute atomic E-state index is 0.00102. The Balaban J connectivity index is 1.36. The number of rotatable bonds is 5. The number of aliphatic hydroxyl groups is 1. The van der Waals surface area contributed by atoms with Gasteiger partial charge in [-0.2, -0.15) is 0 Å². The van der Waals surface area contributed by atoms with E-state index in [-0.39, 0.29) is 11.8 Å². The summed E-state index contributed by atoms with van der Waals surface area (Å²) < 4.78 is 0. The van der Waals surface area contributed by atoms with Gasteiger partial charge in [-0.05, 0) is 23.1 Å². The first-order valence-corrected chi connectivity index (χ1v) is 9.54. The van der Waals surface area contributed by atoms with Gasteiger partial charge in [-0.1, -0.05) is 54.6 Å². The maximum Gasteiger partial charge on any atom is 0.227 e. The summed E-state index contributed by atoms with van der Waals surface area (Å²) in [5, 5.41) is 10.4. The largest absolute Gasteiger partial charge is 0.391 e. The molecule has 2 aromatic carbocycles. The number of likely N-dealkylation sites (tertiary alicyclic amines) is 1. The Kier molecular flexibility index (Phi) is 5.44. The van der Waals surface area contributed by atoms with Crippen molar-refractivity contribution in [3.8, 4) is 11.1 Å². The second-order valence-electron chi connectivity index (χ2n) is 7.27. The fourth-order valence-electron chi connectivity index (χ4n) is 3.69. The first-order valence-electron chi connectivity index (χ1n) is 9.54. The van der Waals surface area contributed by atoms with Crippen LogP contribution in [-0.2, 0) is 17.6 Å². The first kappa shape index (κ1) is 18.3. The number of carbonyl (C=O) groups is 1. The standard InChI is InChI=1S/C23H23N3O2/c27-22-16-26(15-20(22)13-21-14-24-10-11-25-21)23(28)12-17-6-8-19(9-7-17)18-4-2-1-3-5-18/h1-11,14,20,22,27H,12-13,15-16H2/t20-,22-/m1/s1. The summed E-state index contributed by atoms with van der Waals surface area (Å²) >= 11 is 0. The van der Waals surface area contributed by atoms with Gasteiger partial charge in [0.25, 0.3) is 0 Å². The van der Waals surface area contributed by atoms with Crippen molar-refractivity contribution in [1.82, 2.24) is 14.9 Å². The number of aliphatic hydroxyl groups excluding tert-OH is 1. The molecule has 3 aromatic rings. The lowest BCUT2D eigenvalue weighted by Gasteiger charge is -2.16. The van der Waals surface area contributed by atoms with Crippen molar-refractivity contribution < 1.29 is 9.90 Å². The highest BCUT2D eigenvalue weighted by molar-refractivity contribution is 5.79. The van der Waals surface area contributed by atoms with E-state index >= 15 is 0 Å². The van der Waals surface area contributed by atoms with Gasteiger partial charge in [0, 0.05) is 37.6 Å². The maximum absolute atomic E-state index is 12.7. The summed E-state index contributed by atoms with van der Waals surface area (Å²) in [6.07, 6.45) is 5.45. The number of hydrogen-bond acceptors (Lipinski definition) is 4. The van der Waals surface area contributed by atoms with Crippen LogP contribution in [0.4, 0.5) is 0 Å². The van der Waals surface area contributed by atoms with E-state index in [1.54, 1.807) is 23.5 Å². The van der Waals surface area contributed by atoms with Crippen LogP contribution in [0.5, 0.6) is 0 Å². The lowest BCUT2D eigenvalue weighted by Crippen LogP contribution is -2.31. The normalized spacial score (nSPS) is 19.0. The highest BCUT2D eigenvalue weighted by Crippen LogP contribution is 2.23. The van der Waals surface area contributed by atoms with Crippen LogP contribution in [0.3, 0.4) is 0 Å². The second kappa shape index (κ2) is 8.31. The molecule has 0 aliphatic carbocycles. The van der Waals surface area contributed by atoms with Gasteiger partial charge in [-0.3, -0.25) is 14.8 Å². The number of nitrogens with zero attached hydrogens (tertiary/aromatic N) is 3. The quantitative estimate of drug-likeness (QED) is 0.747. The summed E-state index contributed by atoms with van der Waals surface area (Å²) in [5.41, 5.74) is 4.13. The van der Waals surface area contributed by atoms with Crippen LogP contribution in [0.2, 0.25) is 0 Å². The molecule has 1 saturated heterocycles. The third-order valence-electron chi connectivity index (χ3n) is 5.26. The highest BCUT2D eigenvalue weighted by Gasteiger charge is 2.34. The molecule has 1 amide bonds. The zero-order valence-electron chi connectivity index (χ0n) is 15.6. The lowest BCUT2D eigenvalue weighted by atomic mass is 10.0. The third-order valence-corrected chi connectivity index (χ3v) is 5.26. The summed E-state index contributed by atoms with van der Waals surface area (Å²) in [6, 6.07) is 18.3. The smallest absolute Gasteiger partial charge is 0.227 e. The third kappa shape index (κ3) is 4.26. The van der Waals surface area contributed by atoms with E-state index in [0.29, 0.717) is 25.9 Å². The van der Waals surface area contributed by atoms with Crippen molar-refractivity contribution >= 4 is 5.91 Å². The molecule has 0 bridgehead atoms. The molecule has 5 heteroatoms. The predicted molar refractivity (Wildman–Crippen MR) is 107 cm³/mol. The number of amides is 1. The molecule has 2 heterocycles. The molecule has 0 unspecified atom stereocenters. The predicted octanol–water partition coefficient (Wildman–Crippen LogP) is 2.75. The summed E-state index contributed by atoms with van der Waals surface area (Å²) in [6.45, 7) is 0.935. The fourth-order valence-corrected chi connectivity index (χ4v) is 3.69. The maximum atomic E-state index is 12.7. The van der Waals surface area contributed by atoms with Gasteiger partial charge < -0.3 is 10.0 Å². The number of carbonyl (C=O) groups excluding carboxylic acids is 1. The molecule has 1 aliphatic rings. The van der Waals surface area contributed by atoms with Gasteiger partial charge in [-0.25, -0.2) is 0 Å². The van der Waals surface area contributed by atoms with E-state index < -0.39 is 6.10 Å². The molecule has 2 atom stereocenters. The Morgan fingerprint density at radius 1 is 1.00 bits per heavy atom. The Morgan fingerprint density at radius 3 is 2.46 bits per heavy atom. The van der Waals surface area contributed by atoms with Crippen LogP contribution in [0, 0.1) is 5.92 Å². The molecule has 1 aliphatic heterocycles. The SMILES string of the molecule is O=C(Cc1ccc(-c2ccccc2)cc1)N1C[C@@H](Cc2cnccn2)[C@H](O)C1. The highest BCUT2D eigenvalue weighted by atomic mass is 16.3. The molecule has 4 rings (SSSR count). The van der Waals surface area contributed by atoms with Gasteiger partial charge in [0.1, 0.15) is 0 Å². The van der Waals surface area contributed by atoms with Gasteiger partial charge in [0.05, 0.1) is 18.2 Å². The van der Waals surface area contributed by atoms with Crippen molar-refractivity contribution in [2.45, 2.75) is 18.9 Å². The Bertz CT molecular complexity index is 914. The van der Waals surface area contributed by atoms with Gasteiger partial charge in [-0.15, -0.1) is 0 Å². The van der Waals surface area contributed by atoms with E-state index in [1.165, 1.54) is 0 Å². The van der Waals surface area contributed by atoms with Crippen LogP contribution < -0.4 is 0 Å². The second-order valence-corrected chi connectivity index (χ2v) is 7.27. The molecule has 28 heavy (non-hydrogen) atoms. The molecule has 0 spiro atoms. The molecular formula is C23H23N3O2. The topological polar surface area (TPSA) is 66.3 Å². The van der Waals surface area contributed by atoms with Crippen molar-refractivity contribution in [2.75, 3.05) is 13.1 Å². The summed E-state index contributed by atoms with van der Waals surface area (Å²) in [4.78, 5) is 22.8. The number of hydrogen-bond donors (Lipinski definition) is 1. The van der Waals surface area contributed by atoms with Crippen LogP contribution in [0.25, 0.3) is 11.1 Å². The zero-order chi connectivity index (χ0) is 19.3. The Labute approximate surface area is 164 Å². The van der Waals surface area contributed by atoms with E-state index in [4.69, 9.17) is 0 Å². The lowest BCUT2D eigenvalue weighted by molar-refractivity contribution is -0.129. The van der Waals surface area contributed by atoms with Crippen LogP contribution in [-0.4, -0.2) is 45.1 Å². The summed E-state index contributed by atoms with van der Waals surface area (Å²) in [5.74, 6) is 0.0502. The van der Waals surface area contributed by atoms with Gasteiger partial charge in [0.2, 0.25) is 5.91 Å². The number of β-amino-alcohol motifs (C(OH)–C–C–N with tert-alkyl or cyclic N) is 1. The monoisotopic (exact) mass is 373 g/mol. The van der Waals surface area contributed by atoms with Crippen molar-refractivity contribution in [3.63, 3.8) is 0 Å². The fraction of sp³-hybridized carbons (Fsp3) is 0.261. The number of aromatic nitrogens is 2. The van der Waals surface area contributed by atoms with E-state index in [9.17, 15) is 9.90 Å². The van der Waals surface area contributed by atoms with Crippen molar-refractivity contribution in [3.05, 3.63) is 84.4 Å². The van der Waals surface area contributed by atoms with Crippen molar-refractivity contribution in [1.29, 1.82) is 0 Å². The van der Waals surface area contributed by atoms with Crippen LogP contribution in [0.1, 0.15) is 11.3 Å². The van der Waals surface area contributed by atoms with Gasteiger partial charge >= 0.3 is 0 Å². The molecule has 5 nitrogen and oxygen atoms in total. The summed E-state index contributed by atoms with van der Waals surface area (Å²) in [7, 11) is 0. The van der Waals surface area contributed by atoms with Crippen molar-refractivity contribution in [2.24, 2.45) is 5.92 Å². The molecule has 1 N–H and O–H groups in total. The molecule has 142 valence electrons. The Morgan fingerprint density at radius 2 is 1.75 bits per heavy atom. The first-order chi connectivity index (χ1) is 13.7. The molecule has 0 radical (unpaired) electrons. The van der Waals surface area contributed by atoms with Crippen LogP contribution >= 0.6 is 0 Å². The molecule has 0 saturated carbocycles. The number of benzene rings is 2. The van der Waals surface area contributed by atoms with E-state index in [0.717, 1.165) is 22.4 Å². The zero-order valence-corrected chi connectivity index (χ0v) is 15.6.